The molecule has 2 rings (SSSR count). The van der Waals surface area contributed by atoms with Gasteiger partial charge in [-0.05, 0) is 19.0 Å². The average molecular weight is 170 g/mol. The zero-order valence-electron chi connectivity index (χ0n) is 7.01. The Morgan fingerprint density at radius 1 is 1.42 bits per heavy atom. The average Bonchev–Trinajstić information content (AvgIpc) is 2.60. The Morgan fingerprint density at radius 3 is 2.50 bits per heavy atom. The van der Waals surface area contributed by atoms with Gasteiger partial charge in [0.05, 0.1) is 6.54 Å². The molecule has 12 heavy (non-hydrogen) atoms. The lowest BCUT2D eigenvalue weighted by molar-refractivity contribution is 0.178. The molecule has 1 fully saturated rings. The van der Waals surface area contributed by atoms with Gasteiger partial charge < -0.3 is 15.4 Å². The number of rotatable bonds is 0. The Balaban J connectivity index is 0.000000120. The molecule has 2 aliphatic heterocycles. The Labute approximate surface area is 72.0 Å². The van der Waals surface area contributed by atoms with Crippen LogP contribution in [0.4, 0.5) is 4.79 Å². The summed E-state index contributed by atoms with van der Waals surface area (Å²) in [6.07, 6.45) is 6.44. The molecular formula is C8H14N2O2. The number of alkyl carbamates (subject to hydrolysis) is 1. The first-order chi connectivity index (χ1) is 5.89. The van der Waals surface area contributed by atoms with Crippen LogP contribution in [0.2, 0.25) is 0 Å². The number of allylic oxidation sites excluding steroid dienone is 1. The van der Waals surface area contributed by atoms with Gasteiger partial charge in [-0.3, -0.25) is 0 Å². The number of cyclic esters (lactones) is 1. The van der Waals surface area contributed by atoms with Crippen LogP contribution in [-0.2, 0) is 4.74 Å². The zero-order chi connectivity index (χ0) is 8.65. The fourth-order valence-electron chi connectivity index (χ4n) is 0.920. The second-order valence-electron chi connectivity index (χ2n) is 2.56. The SMILES string of the molecule is C1=CNCCC1.O=C1NCCO1. The van der Waals surface area contributed by atoms with Crippen LogP contribution in [0.1, 0.15) is 12.8 Å². The molecule has 0 aromatic rings. The van der Waals surface area contributed by atoms with Gasteiger partial charge in [0.25, 0.3) is 0 Å². The minimum absolute atomic E-state index is 0.296. The molecule has 2 N–H and O–H groups in total. The van der Waals surface area contributed by atoms with Crippen molar-refractivity contribution in [3.63, 3.8) is 0 Å². The molecule has 4 nitrogen and oxygen atoms in total. The fourth-order valence-corrected chi connectivity index (χ4v) is 0.920. The smallest absolute Gasteiger partial charge is 0.407 e. The van der Waals surface area contributed by atoms with Crippen LogP contribution in [0.15, 0.2) is 12.3 Å². The molecular weight excluding hydrogens is 156 g/mol. The second-order valence-corrected chi connectivity index (χ2v) is 2.56. The van der Waals surface area contributed by atoms with Gasteiger partial charge in [-0.1, -0.05) is 6.08 Å². The molecule has 0 spiro atoms. The van der Waals surface area contributed by atoms with E-state index in [4.69, 9.17) is 0 Å². The minimum Gasteiger partial charge on any atom is -0.448 e. The van der Waals surface area contributed by atoms with E-state index in [0.717, 1.165) is 6.54 Å². The summed E-state index contributed by atoms with van der Waals surface area (Å²) in [7, 11) is 0. The monoisotopic (exact) mass is 170 g/mol. The van der Waals surface area contributed by atoms with Crippen LogP contribution in [0.3, 0.4) is 0 Å². The van der Waals surface area contributed by atoms with E-state index in [9.17, 15) is 4.79 Å². The van der Waals surface area contributed by atoms with E-state index in [1.54, 1.807) is 0 Å². The summed E-state index contributed by atoms with van der Waals surface area (Å²) in [6, 6.07) is 0. The van der Waals surface area contributed by atoms with Crippen LogP contribution >= 0.6 is 0 Å². The largest absolute Gasteiger partial charge is 0.448 e. The Morgan fingerprint density at radius 2 is 2.33 bits per heavy atom. The first-order valence-corrected chi connectivity index (χ1v) is 4.18. The third-order valence-electron chi connectivity index (χ3n) is 1.53. The normalized spacial score (nSPS) is 19.8. The number of nitrogens with one attached hydrogen (secondary N) is 2. The van der Waals surface area contributed by atoms with Crippen molar-refractivity contribution in [3.8, 4) is 0 Å². The van der Waals surface area contributed by atoms with E-state index >= 15 is 0 Å². The molecule has 0 unspecified atom stereocenters. The molecule has 0 aromatic carbocycles. The van der Waals surface area contributed by atoms with Crippen LogP contribution in [0.5, 0.6) is 0 Å². The molecule has 68 valence electrons. The number of carbonyl (C=O) groups excluding carboxylic acids is 1. The van der Waals surface area contributed by atoms with Crippen LogP contribution < -0.4 is 10.6 Å². The highest BCUT2D eigenvalue weighted by atomic mass is 16.6. The fraction of sp³-hybridized carbons (Fsp3) is 0.625. The van der Waals surface area contributed by atoms with Crippen LogP contribution in [0, 0.1) is 0 Å². The maximum absolute atomic E-state index is 9.91. The maximum atomic E-state index is 9.91. The van der Waals surface area contributed by atoms with Crippen LogP contribution in [0.25, 0.3) is 0 Å². The van der Waals surface area contributed by atoms with Gasteiger partial charge in [0.15, 0.2) is 0 Å². The maximum Gasteiger partial charge on any atom is 0.407 e. The first kappa shape index (κ1) is 8.90. The van der Waals surface area contributed by atoms with E-state index < -0.39 is 0 Å². The molecule has 0 atom stereocenters. The van der Waals surface area contributed by atoms with E-state index in [-0.39, 0.29) is 6.09 Å². The van der Waals surface area contributed by atoms with Gasteiger partial charge in [0.2, 0.25) is 0 Å². The highest BCUT2D eigenvalue weighted by molar-refractivity contribution is 5.68. The van der Waals surface area contributed by atoms with E-state index in [1.807, 2.05) is 6.20 Å². The highest BCUT2D eigenvalue weighted by Crippen LogP contribution is 1.91. The van der Waals surface area contributed by atoms with Gasteiger partial charge in [0.1, 0.15) is 6.61 Å². The molecule has 1 saturated heterocycles. The molecule has 2 aliphatic rings. The Bertz CT molecular complexity index is 152. The predicted octanol–water partition coefficient (Wildman–Crippen LogP) is 0.610. The lowest BCUT2D eigenvalue weighted by Crippen LogP contribution is -2.11. The van der Waals surface area contributed by atoms with Gasteiger partial charge in [0, 0.05) is 6.54 Å². The van der Waals surface area contributed by atoms with Crippen molar-refractivity contribution in [2.24, 2.45) is 0 Å². The topological polar surface area (TPSA) is 50.4 Å². The minimum atomic E-state index is -0.296. The lowest BCUT2D eigenvalue weighted by atomic mass is 10.2. The van der Waals surface area contributed by atoms with Crippen molar-refractivity contribution >= 4 is 6.09 Å². The van der Waals surface area contributed by atoms with Gasteiger partial charge in [-0.15, -0.1) is 0 Å². The Hall–Kier alpha value is -1.19. The van der Waals surface area contributed by atoms with Crippen molar-refractivity contribution in [2.45, 2.75) is 12.8 Å². The molecule has 4 heteroatoms. The zero-order valence-corrected chi connectivity index (χ0v) is 7.01. The summed E-state index contributed by atoms with van der Waals surface area (Å²) in [5.41, 5.74) is 0. The Kier molecular flexibility index (Phi) is 4.05. The van der Waals surface area contributed by atoms with Gasteiger partial charge in [-0.25, -0.2) is 4.79 Å². The third kappa shape index (κ3) is 3.85. The third-order valence-corrected chi connectivity index (χ3v) is 1.53. The van der Waals surface area contributed by atoms with Gasteiger partial charge >= 0.3 is 6.09 Å². The quantitative estimate of drug-likeness (QED) is 0.560. The van der Waals surface area contributed by atoms with Crippen molar-refractivity contribution in [1.82, 2.24) is 10.6 Å². The summed E-state index contributed by atoms with van der Waals surface area (Å²) in [6.45, 7) is 2.36. The number of hydrogen-bond acceptors (Lipinski definition) is 3. The van der Waals surface area contributed by atoms with Crippen molar-refractivity contribution in [1.29, 1.82) is 0 Å². The summed E-state index contributed by atoms with van der Waals surface area (Å²) in [5, 5.41) is 5.56. The van der Waals surface area contributed by atoms with Crippen molar-refractivity contribution in [3.05, 3.63) is 12.3 Å². The standard InChI is InChI=1S/C5H9N.C3H5NO2/c1-2-4-6-5-3-1;5-3-4-1-2-6-3/h2,4,6H,1,3,5H2;1-2H2,(H,4,5). The first-order valence-electron chi connectivity index (χ1n) is 4.18. The molecule has 0 aromatic heterocycles. The summed E-state index contributed by atoms with van der Waals surface area (Å²) < 4.78 is 4.40. The van der Waals surface area contributed by atoms with Gasteiger partial charge in [-0.2, -0.15) is 0 Å². The molecule has 2 heterocycles. The molecule has 0 radical (unpaired) electrons. The summed E-state index contributed by atoms with van der Waals surface area (Å²) in [4.78, 5) is 9.91. The second kappa shape index (κ2) is 5.46. The number of carbonyl (C=O) groups is 1. The predicted molar refractivity (Wildman–Crippen MR) is 45.7 cm³/mol. The molecule has 0 aliphatic carbocycles. The highest BCUT2D eigenvalue weighted by Gasteiger charge is 2.06. The van der Waals surface area contributed by atoms with E-state index in [2.05, 4.69) is 21.4 Å². The summed E-state index contributed by atoms with van der Waals surface area (Å²) in [5.74, 6) is 0. The van der Waals surface area contributed by atoms with Crippen LogP contribution in [-0.4, -0.2) is 25.8 Å². The molecule has 0 saturated carbocycles. The molecule has 1 amide bonds. The lowest BCUT2D eigenvalue weighted by Gasteiger charge is -2.02. The number of amides is 1. The number of ether oxygens (including phenoxy) is 1. The summed E-state index contributed by atoms with van der Waals surface area (Å²) >= 11 is 0. The van der Waals surface area contributed by atoms with Crippen molar-refractivity contribution in [2.75, 3.05) is 19.7 Å². The number of hydrogen-bond donors (Lipinski definition) is 2. The van der Waals surface area contributed by atoms with Crippen molar-refractivity contribution < 1.29 is 9.53 Å². The van der Waals surface area contributed by atoms with E-state index in [0.29, 0.717) is 13.2 Å². The molecule has 0 bridgehead atoms. The van der Waals surface area contributed by atoms with E-state index in [1.165, 1.54) is 12.8 Å².